The highest BCUT2D eigenvalue weighted by atomic mass is 127. The first kappa shape index (κ1) is 25.3. The molecule has 0 unspecified atom stereocenters. The van der Waals surface area contributed by atoms with Crippen LogP contribution in [0.4, 0.5) is 0 Å². The van der Waals surface area contributed by atoms with E-state index < -0.39 is 10.9 Å². The lowest BCUT2D eigenvalue weighted by molar-refractivity contribution is 0.0213. The average Bonchev–Trinajstić information content (AvgIpc) is 2.87. The van der Waals surface area contributed by atoms with Gasteiger partial charge in [-0.3, -0.25) is 0 Å². The second-order valence-electron chi connectivity index (χ2n) is 7.43. The summed E-state index contributed by atoms with van der Waals surface area (Å²) in [5.74, 6) is 1.72. The van der Waals surface area contributed by atoms with Crippen molar-refractivity contribution in [3.8, 4) is 11.5 Å². The van der Waals surface area contributed by atoms with Crippen molar-refractivity contribution in [2.75, 3.05) is 13.4 Å². The number of halogens is 2. The molecule has 0 fully saturated rings. The largest absolute Gasteiger partial charge is 0.489 e. The third-order valence-electron chi connectivity index (χ3n) is 5.08. The Morgan fingerprint density at radius 2 is 1.21 bits per heavy atom. The summed E-state index contributed by atoms with van der Waals surface area (Å²) in [5, 5.41) is 0. The molecule has 4 aromatic rings. The van der Waals surface area contributed by atoms with Crippen molar-refractivity contribution >= 4 is 56.1 Å². The molecule has 0 bridgehead atoms. The second kappa shape index (κ2) is 12.8. The number of benzene rings is 4. The maximum absolute atomic E-state index is 6.12. The molecule has 3 nitrogen and oxygen atoms in total. The van der Waals surface area contributed by atoms with Gasteiger partial charge in [0.05, 0.1) is 7.14 Å². The molecule has 0 aliphatic heterocycles. The number of rotatable bonds is 10. The smallest absolute Gasteiger partial charge is 0.189 e. The third kappa shape index (κ3) is 6.68. The first-order valence-electron chi connectivity index (χ1n) is 11.0. The zero-order valence-electron chi connectivity index (χ0n) is 18.8. The Bertz CT molecular complexity index is 1120. The van der Waals surface area contributed by atoms with Crippen LogP contribution in [-0.2, 0) is 11.3 Å². The van der Waals surface area contributed by atoms with Gasteiger partial charge in [-0.15, -0.1) is 0 Å². The summed E-state index contributed by atoms with van der Waals surface area (Å²) >= 11 is 4.60. The molecule has 0 aromatic heterocycles. The molecule has 4 aromatic carbocycles. The zero-order chi connectivity index (χ0) is 23.8. The molecule has 0 radical (unpaired) electrons. The first-order chi connectivity index (χ1) is 16.7. The number of hydrogen-bond donors (Lipinski definition) is 1. The molecular weight excluding hydrogens is 670 g/mol. The third-order valence-corrected chi connectivity index (χ3v) is 9.12. The van der Waals surface area contributed by atoms with Crippen molar-refractivity contribution in [1.82, 2.24) is 0 Å². The maximum atomic E-state index is 6.12. The Morgan fingerprint density at radius 3 is 1.74 bits per heavy atom. The van der Waals surface area contributed by atoms with Crippen molar-refractivity contribution in [2.24, 2.45) is 0 Å². The summed E-state index contributed by atoms with van der Waals surface area (Å²) in [7, 11) is -0.612. The second-order valence-corrected chi connectivity index (χ2v) is 12.0. The van der Waals surface area contributed by atoms with Crippen LogP contribution in [0.15, 0.2) is 112 Å². The van der Waals surface area contributed by atoms with Crippen LogP contribution in [0.5, 0.6) is 11.5 Å². The molecule has 0 spiro atoms. The number of ether oxygens (including phenoxy) is 3. The quantitative estimate of drug-likeness (QED) is 0.0783. The molecule has 4 rings (SSSR count). The predicted octanol–water partition coefficient (Wildman–Crippen LogP) is 8.33. The van der Waals surface area contributed by atoms with Crippen LogP contribution < -0.4 is 9.47 Å². The van der Waals surface area contributed by atoms with Gasteiger partial charge in [0, 0.05) is 6.61 Å². The van der Waals surface area contributed by atoms with E-state index in [-0.39, 0.29) is 6.79 Å². The van der Waals surface area contributed by atoms with Crippen LogP contribution in [-0.4, -0.2) is 13.4 Å². The summed E-state index contributed by atoms with van der Waals surface area (Å²) in [6, 6.07) is 34.2. The Kier molecular flexibility index (Phi) is 9.55. The van der Waals surface area contributed by atoms with Gasteiger partial charge in [0.2, 0.25) is 0 Å². The van der Waals surface area contributed by atoms with Crippen molar-refractivity contribution in [3.05, 3.63) is 110 Å². The van der Waals surface area contributed by atoms with Gasteiger partial charge in [-0.25, -0.2) is 0 Å². The summed E-state index contributed by atoms with van der Waals surface area (Å²) in [4.78, 5) is 3.99. The minimum Gasteiger partial charge on any atom is -0.489 e. The Morgan fingerprint density at radius 1 is 0.676 bits per heavy atom. The van der Waals surface area contributed by atoms with Gasteiger partial charge in [0.15, 0.2) is 6.79 Å². The van der Waals surface area contributed by atoms with Gasteiger partial charge in [-0.05, 0) is 133 Å². The average molecular weight is 696 g/mol. The van der Waals surface area contributed by atoms with Crippen LogP contribution in [0.2, 0.25) is 0 Å². The van der Waals surface area contributed by atoms with Crippen LogP contribution >= 0.6 is 56.1 Å². The fourth-order valence-corrected chi connectivity index (χ4v) is 7.97. The molecule has 6 heteroatoms. The fraction of sp³-hybridized carbons (Fsp3) is 0.143. The lowest BCUT2D eigenvalue weighted by atomic mass is 10.2. The summed E-state index contributed by atoms with van der Waals surface area (Å²) in [6.07, 6.45) is 0. The molecule has 0 aliphatic rings. The van der Waals surface area contributed by atoms with E-state index in [1.807, 2.05) is 6.92 Å². The SMILES string of the molecule is CCOCOc1c(I)cc(COc2ccc([SH](c3ccccc3)c3ccccc3)cc2)cc1I. The van der Waals surface area contributed by atoms with Crippen LogP contribution in [0, 0.1) is 7.14 Å². The minimum absolute atomic E-state index is 0.263. The number of thiol groups is 1. The first-order valence-corrected chi connectivity index (χ1v) is 14.5. The molecule has 0 aliphatic carbocycles. The molecular formula is C28H26I2O3S. The molecule has 0 saturated carbocycles. The van der Waals surface area contributed by atoms with Gasteiger partial charge < -0.3 is 14.2 Å². The van der Waals surface area contributed by atoms with Crippen LogP contribution in [0.25, 0.3) is 0 Å². The molecule has 0 atom stereocenters. The molecule has 0 heterocycles. The van der Waals surface area contributed by atoms with E-state index in [9.17, 15) is 0 Å². The van der Waals surface area contributed by atoms with Crippen molar-refractivity contribution in [3.63, 3.8) is 0 Å². The molecule has 176 valence electrons. The molecule has 34 heavy (non-hydrogen) atoms. The highest BCUT2D eigenvalue weighted by Crippen LogP contribution is 2.51. The lowest BCUT2D eigenvalue weighted by Gasteiger charge is -2.23. The van der Waals surface area contributed by atoms with Crippen molar-refractivity contribution in [1.29, 1.82) is 0 Å². The fourth-order valence-electron chi connectivity index (χ4n) is 3.48. The van der Waals surface area contributed by atoms with Gasteiger partial charge >= 0.3 is 0 Å². The van der Waals surface area contributed by atoms with E-state index in [2.05, 4.69) is 142 Å². The van der Waals surface area contributed by atoms with E-state index in [4.69, 9.17) is 14.2 Å². The molecule has 0 saturated heterocycles. The van der Waals surface area contributed by atoms with E-state index in [0.717, 1.165) is 24.2 Å². The Balaban J connectivity index is 1.47. The monoisotopic (exact) mass is 696 g/mol. The highest BCUT2D eigenvalue weighted by Gasteiger charge is 2.13. The lowest BCUT2D eigenvalue weighted by Crippen LogP contribution is -2.05. The van der Waals surface area contributed by atoms with Crippen molar-refractivity contribution in [2.45, 2.75) is 28.2 Å². The standard InChI is InChI=1S/C28H26I2O3S/c1-2-31-20-33-28-26(29)17-21(18-27(28)30)19-32-22-13-15-25(16-14-22)34(23-9-5-3-6-10-23)24-11-7-4-8-12-24/h3-18,34H,2,19-20H2,1H3. The topological polar surface area (TPSA) is 27.7 Å². The summed E-state index contributed by atoms with van der Waals surface area (Å²) < 4.78 is 19.3. The normalized spacial score (nSPS) is 11.2. The predicted molar refractivity (Wildman–Crippen MR) is 156 cm³/mol. The summed E-state index contributed by atoms with van der Waals surface area (Å²) in [6.45, 7) is 3.36. The zero-order valence-corrected chi connectivity index (χ0v) is 24.0. The van der Waals surface area contributed by atoms with Gasteiger partial charge in [-0.1, -0.05) is 36.4 Å². The van der Waals surface area contributed by atoms with Gasteiger partial charge in [0.25, 0.3) is 0 Å². The minimum atomic E-state index is -0.612. The molecule has 0 amide bonds. The Labute approximate surface area is 231 Å². The van der Waals surface area contributed by atoms with E-state index in [1.54, 1.807) is 0 Å². The van der Waals surface area contributed by atoms with Gasteiger partial charge in [0.1, 0.15) is 18.1 Å². The molecule has 0 N–H and O–H groups in total. The van der Waals surface area contributed by atoms with Crippen LogP contribution in [0.1, 0.15) is 12.5 Å². The van der Waals surface area contributed by atoms with E-state index in [0.29, 0.717) is 13.2 Å². The maximum Gasteiger partial charge on any atom is 0.189 e. The van der Waals surface area contributed by atoms with Gasteiger partial charge in [-0.2, -0.15) is 10.9 Å². The Hall–Kier alpha value is -1.75. The van der Waals surface area contributed by atoms with E-state index in [1.165, 1.54) is 14.7 Å². The van der Waals surface area contributed by atoms with E-state index >= 15 is 0 Å². The highest BCUT2D eigenvalue weighted by molar-refractivity contribution is 14.1. The number of hydrogen-bond acceptors (Lipinski definition) is 3. The van der Waals surface area contributed by atoms with Crippen molar-refractivity contribution < 1.29 is 14.2 Å². The van der Waals surface area contributed by atoms with Crippen LogP contribution in [0.3, 0.4) is 0 Å². The summed E-state index contributed by atoms with van der Waals surface area (Å²) in [5.41, 5.74) is 1.11.